The zero-order valence-corrected chi connectivity index (χ0v) is 16.3. The Morgan fingerprint density at radius 3 is 2.23 bits per heavy atom. The fraction of sp³-hybridized carbons (Fsp3) is 0.176. The SMILES string of the molecule is CN(CC(=O)Nc1c(Cl)cccc1Cl)C(=O)c1cccc(S(C)(=O)=O)c1. The first kappa shape index (κ1) is 20.2. The number of hydrogen-bond donors (Lipinski definition) is 1. The predicted molar refractivity (Wildman–Crippen MR) is 102 cm³/mol. The van der Waals surface area contributed by atoms with Gasteiger partial charge in [-0.3, -0.25) is 9.59 Å². The number of anilines is 1. The van der Waals surface area contributed by atoms with Gasteiger partial charge in [0.15, 0.2) is 9.84 Å². The Kier molecular flexibility index (Phi) is 6.28. The van der Waals surface area contributed by atoms with Crippen molar-refractivity contribution in [3.8, 4) is 0 Å². The fourth-order valence-corrected chi connectivity index (χ4v) is 3.32. The van der Waals surface area contributed by atoms with Crippen molar-refractivity contribution < 1.29 is 18.0 Å². The van der Waals surface area contributed by atoms with E-state index in [9.17, 15) is 18.0 Å². The molecule has 0 unspecified atom stereocenters. The van der Waals surface area contributed by atoms with E-state index in [2.05, 4.69) is 5.32 Å². The maximum Gasteiger partial charge on any atom is 0.254 e. The number of hydrogen-bond acceptors (Lipinski definition) is 4. The molecule has 0 atom stereocenters. The van der Waals surface area contributed by atoms with Crippen molar-refractivity contribution in [3.63, 3.8) is 0 Å². The Balaban J connectivity index is 2.11. The molecular formula is C17H16Cl2N2O4S. The summed E-state index contributed by atoms with van der Waals surface area (Å²) in [6, 6.07) is 10.4. The molecule has 0 fully saturated rings. The second kappa shape index (κ2) is 8.07. The van der Waals surface area contributed by atoms with E-state index < -0.39 is 21.7 Å². The number of nitrogens with one attached hydrogen (secondary N) is 1. The molecule has 0 bridgehead atoms. The minimum Gasteiger partial charge on any atom is -0.332 e. The van der Waals surface area contributed by atoms with Crippen molar-refractivity contribution in [2.24, 2.45) is 0 Å². The maximum absolute atomic E-state index is 12.4. The second-order valence-electron chi connectivity index (χ2n) is 5.61. The third-order valence-corrected chi connectivity index (χ3v) is 5.20. The summed E-state index contributed by atoms with van der Waals surface area (Å²) >= 11 is 12.0. The van der Waals surface area contributed by atoms with Gasteiger partial charge in [-0.25, -0.2) is 8.42 Å². The van der Waals surface area contributed by atoms with Crippen LogP contribution in [0.4, 0.5) is 5.69 Å². The maximum atomic E-state index is 12.4. The molecule has 2 rings (SSSR count). The van der Waals surface area contributed by atoms with Crippen molar-refractivity contribution in [3.05, 3.63) is 58.1 Å². The lowest BCUT2D eigenvalue weighted by atomic mass is 10.2. The highest BCUT2D eigenvalue weighted by Crippen LogP contribution is 2.29. The van der Waals surface area contributed by atoms with Gasteiger partial charge in [0.2, 0.25) is 5.91 Å². The van der Waals surface area contributed by atoms with Gasteiger partial charge in [-0.1, -0.05) is 35.3 Å². The normalized spacial score (nSPS) is 11.1. The van der Waals surface area contributed by atoms with Crippen LogP contribution in [0.1, 0.15) is 10.4 Å². The molecule has 0 aliphatic carbocycles. The number of benzene rings is 2. The number of halogens is 2. The number of para-hydroxylation sites is 1. The molecule has 2 amide bonds. The summed E-state index contributed by atoms with van der Waals surface area (Å²) < 4.78 is 23.2. The molecule has 0 saturated carbocycles. The molecule has 138 valence electrons. The number of likely N-dealkylation sites (N-methyl/N-ethyl adjacent to an activating group) is 1. The first-order valence-corrected chi connectivity index (χ1v) is 10.0. The quantitative estimate of drug-likeness (QED) is 0.814. The number of carbonyl (C=O) groups excluding carboxylic acids is 2. The Morgan fingerprint density at radius 2 is 1.65 bits per heavy atom. The highest BCUT2D eigenvalue weighted by Gasteiger charge is 2.18. The number of sulfone groups is 1. The smallest absolute Gasteiger partial charge is 0.254 e. The van der Waals surface area contributed by atoms with Crippen molar-refractivity contribution in [1.29, 1.82) is 0 Å². The molecule has 0 aromatic heterocycles. The minimum atomic E-state index is -3.44. The van der Waals surface area contributed by atoms with E-state index >= 15 is 0 Å². The molecule has 0 aliphatic heterocycles. The van der Waals surface area contributed by atoms with Crippen LogP contribution in [0, 0.1) is 0 Å². The molecule has 0 heterocycles. The van der Waals surface area contributed by atoms with Gasteiger partial charge in [0.1, 0.15) is 0 Å². The zero-order valence-electron chi connectivity index (χ0n) is 14.0. The zero-order chi connectivity index (χ0) is 19.5. The summed E-state index contributed by atoms with van der Waals surface area (Å²) in [4.78, 5) is 25.8. The molecular weight excluding hydrogens is 399 g/mol. The summed E-state index contributed by atoms with van der Waals surface area (Å²) in [6.45, 7) is -0.260. The molecule has 0 spiro atoms. The van der Waals surface area contributed by atoms with E-state index in [-0.39, 0.29) is 32.7 Å². The summed E-state index contributed by atoms with van der Waals surface area (Å²) in [5.74, 6) is -0.981. The van der Waals surface area contributed by atoms with Crippen LogP contribution in [0.25, 0.3) is 0 Å². The largest absolute Gasteiger partial charge is 0.332 e. The van der Waals surface area contributed by atoms with Crippen LogP contribution in [0.5, 0.6) is 0 Å². The van der Waals surface area contributed by atoms with E-state index in [4.69, 9.17) is 23.2 Å². The summed E-state index contributed by atoms with van der Waals surface area (Å²) in [5, 5.41) is 3.12. The van der Waals surface area contributed by atoms with Crippen LogP contribution < -0.4 is 5.32 Å². The average Bonchev–Trinajstić information content (AvgIpc) is 2.57. The topological polar surface area (TPSA) is 83.6 Å². The van der Waals surface area contributed by atoms with Gasteiger partial charge in [-0.15, -0.1) is 0 Å². The second-order valence-corrected chi connectivity index (χ2v) is 8.44. The monoisotopic (exact) mass is 414 g/mol. The lowest BCUT2D eigenvalue weighted by Crippen LogP contribution is -2.35. The molecule has 0 aliphatic rings. The van der Waals surface area contributed by atoms with Gasteiger partial charge >= 0.3 is 0 Å². The number of carbonyl (C=O) groups is 2. The van der Waals surface area contributed by atoms with Gasteiger partial charge in [0.05, 0.1) is 27.2 Å². The number of amides is 2. The van der Waals surface area contributed by atoms with Crippen molar-refractivity contribution in [1.82, 2.24) is 4.90 Å². The molecule has 26 heavy (non-hydrogen) atoms. The fourth-order valence-electron chi connectivity index (χ4n) is 2.16. The van der Waals surface area contributed by atoms with Crippen molar-refractivity contribution in [2.75, 3.05) is 25.2 Å². The summed E-state index contributed by atoms with van der Waals surface area (Å²) in [6.07, 6.45) is 1.06. The predicted octanol–water partition coefficient (Wildman–Crippen LogP) is 3.11. The Bertz CT molecular complexity index is 941. The van der Waals surface area contributed by atoms with Crippen LogP contribution in [0.15, 0.2) is 47.4 Å². The van der Waals surface area contributed by atoms with E-state index in [0.29, 0.717) is 0 Å². The van der Waals surface area contributed by atoms with Crippen molar-refractivity contribution in [2.45, 2.75) is 4.90 Å². The van der Waals surface area contributed by atoms with E-state index in [0.717, 1.165) is 6.26 Å². The van der Waals surface area contributed by atoms with Gasteiger partial charge in [0, 0.05) is 18.9 Å². The summed E-state index contributed by atoms with van der Waals surface area (Å²) in [7, 11) is -2.00. The molecule has 1 N–H and O–H groups in total. The molecule has 0 saturated heterocycles. The van der Waals surface area contributed by atoms with Gasteiger partial charge < -0.3 is 10.2 Å². The lowest BCUT2D eigenvalue weighted by Gasteiger charge is -2.18. The Labute approximate surface area is 161 Å². The first-order valence-electron chi connectivity index (χ1n) is 7.39. The molecule has 0 radical (unpaired) electrons. The molecule has 9 heteroatoms. The summed E-state index contributed by atoms with van der Waals surface area (Å²) in [5.41, 5.74) is 0.430. The standard InChI is InChI=1S/C17H16Cl2N2O4S/c1-21(10-15(22)20-16-13(18)7-4-8-14(16)19)17(23)11-5-3-6-12(9-11)26(2,24)25/h3-9H,10H2,1-2H3,(H,20,22). The van der Waals surface area contributed by atoms with Crippen LogP contribution in [-0.2, 0) is 14.6 Å². The van der Waals surface area contributed by atoms with Gasteiger partial charge in [-0.2, -0.15) is 0 Å². The highest BCUT2D eigenvalue weighted by molar-refractivity contribution is 7.90. The van der Waals surface area contributed by atoms with E-state index in [1.165, 1.54) is 36.2 Å². The van der Waals surface area contributed by atoms with Gasteiger partial charge in [-0.05, 0) is 30.3 Å². The van der Waals surface area contributed by atoms with E-state index in [1.54, 1.807) is 18.2 Å². The van der Waals surface area contributed by atoms with Gasteiger partial charge in [0.25, 0.3) is 5.91 Å². The third-order valence-electron chi connectivity index (χ3n) is 3.46. The molecule has 2 aromatic carbocycles. The van der Waals surface area contributed by atoms with Crippen LogP contribution in [0.2, 0.25) is 10.0 Å². The minimum absolute atomic E-state index is 0.0315. The molecule has 6 nitrogen and oxygen atoms in total. The lowest BCUT2D eigenvalue weighted by molar-refractivity contribution is -0.116. The van der Waals surface area contributed by atoms with Crippen LogP contribution in [0.3, 0.4) is 0 Å². The van der Waals surface area contributed by atoms with Crippen molar-refractivity contribution >= 4 is 50.5 Å². The average molecular weight is 415 g/mol. The third kappa shape index (κ3) is 4.97. The Morgan fingerprint density at radius 1 is 1.08 bits per heavy atom. The van der Waals surface area contributed by atoms with Crippen LogP contribution in [-0.4, -0.2) is 45.0 Å². The number of rotatable bonds is 5. The first-order chi connectivity index (χ1) is 12.1. The molecule has 2 aromatic rings. The Hall–Kier alpha value is -2.09. The highest BCUT2D eigenvalue weighted by atomic mass is 35.5. The number of nitrogens with zero attached hydrogens (tertiary/aromatic N) is 1. The van der Waals surface area contributed by atoms with Crippen LogP contribution >= 0.6 is 23.2 Å². The van der Waals surface area contributed by atoms with E-state index in [1.807, 2.05) is 0 Å².